The molecule has 0 aliphatic carbocycles. The van der Waals surface area contributed by atoms with E-state index in [1.54, 1.807) is 0 Å². The van der Waals surface area contributed by atoms with Gasteiger partial charge >= 0.3 is 0 Å². The average Bonchev–Trinajstić information content (AvgIpc) is 2.46. The van der Waals surface area contributed by atoms with Gasteiger partial charge in [-0.05, 0) is 19.8 Å². The first-order valence-electron chi connectivity index (χ1n) is 9.91. The van der Waals surface area contributed by atoms with Crippen molar-refractivity contribution < 1.29 is 4.74 Å². The minimum Gasteiger partial charge on any atom is -0.375 e. The third kappa shape index (κ3) is 10.3. The molecule has 1 fully saturated rings. The summed E-state index contributed by atoms with van der Waals surface area (Å²) in [6.07, 6.45) is 22.8. The van der Waals surface area contributed by atoms with Crippen LogP contribution in [0, 0.1) is 0 Å². The van der Waals surface area contributed by atoms with E-state index in [4.69, 9.17) is 4.74 Å². The van der Waals surface area contributed by atoms with E-state index >= 15 is 0 Å². The Morgan fingerprint density at radius 1 is 0.667 bits per heavy atom. The molecule has 0 N–H and O–H groups in total. The van der Waals surface area contributed by atoms with Gasteiger partial charge in [-0.2, -0.15) is 0 Å². The molecule has 21 heavy (non-hydrogen) atoms. The highest BCUT2D eigenvalue weighted by molar-refractivity contribution is 4.81. The molecule has 1 rings (SSSR count). The van der Waals surface area contributed by atoms with Crippen molar-refractivity contribution in [2.75, 3.05) is 6.61 Å². The quantitative estimate of drug-likeness (QED) is 0.294. The molecule has 0 amide bonds. The van der Waals surface area contributed by atoms with Crippen molar-refractivity contribution >= 4 is 0 Å². The van der Waals surface area contributed by atoms with Crippen LogP contribution in [0.2, 0.25) is 0 Å². The lowest BCUT2D eigenvalue weighted by Gasteiger charge is -2.38. The van der Waals surface area contributed by atoms with Crippen LogP contribution < -0.4 is 0 Å². The highest BCUT2D eigenvalue weighted by Crippen LogP contribution is 2.31. The molecule has 1 aliphatic rings. The molecular formula is C20H40O. The van der Waals surface area contributed by atoms with Gasteiger partial charge in [0.25, 0.3) is 0 Å². The molecule has 0 aromatic carbocycles. The Morgan fingerprint density at radius 2 is 1.05 bits per heavy atom. The van der Waals surface area contributed by atoms with Crippen LogP contribution in [0.4, 0.5) is 0 Å². The second-order valence-electron chi connectivity index (χ2n) is 7.39. The zero-order chi connectivity index (χ0) is 15.2. The van der Waals surface area contributed by atoms with Crippen LogP contribution in [0.15, 0.2) is 0 Å². The van der Waals surface area contributed by atoms with Gasteiger partial charge in [-0.15, -0.1) is 0 Å². The lowest BCUT2D eigenvalue weighted by molar-refractivity contribution is -0.139. The molecular weight excluding hydrogens is 256 g/mol. The Labute approximate surface area is 134 Å². The van der Waals surface area contributed by atoms with Gasteiger partial charge in [0.15, 0.2) is 0 Å². The van der Waals surface area contributed by atoms with Gasteiger partial charge in [0.05, 0.1) is 12.2 Å². The van der Waals surface area contributed by atoms with Gasteiger partial charge in [0.1, 0.15) is 0 Å². The maximum atomic E-state index is 5.63. The van der Waals surface area contributed by atoms with Crippen LogP contribution in [-0.2, 0) is 4.74 Å². The summed E-state index contributed by atoms with van der Waals surface area (Å²) >= 11 is 0. The summed E-state index contributed by atoms with van der Waals surface area (Å²) in [6, 6.07) is 0. The van der Waals surface area contributed by atoms with Crippen LogP contribution in [0.1, 0.15) is 117 Å². The van der Waals surface area contributed by atoms with Crippen LogP contribution >= 0.6 is 0 Å². The number of ether oxygens (including phenoxy) is 1. The van der Waals surface area contributed by atoms with Crippen molar-refractivity contribution in [2.45, 2.75) is 122 Å². The zero-order valence-electron chi connectivity index (χ0n) is 14.9. The smallest absolute Gasteiger partial charge is 0.0676 e. The van der Waals surface area contributed by atoms with Crippen LogP contribution in [0.5, 0.6) is 0 Å². The molecule has 0 aromatic rings. The minimum absolute atomic E-state index is 0.261. The molecule has 1 heteroatoms. The molecule has 1 atom stereocenters. The molecule has 126 valence electrons. The average molecular weight is 297 g/mol. The van der Waals surface area contributed by atoms with E-state index in [1.165, 1.54) is 103 Å². The molecule has 0 saturated carbocycles. The lowest BCUT2D eigenvalue weighted by Crippen LogP contribution is -2.40. The zero-order valence-corrected chi connectivity index (χ0v) is 14.9. The topological polar surface area (TPSA) is 9.23 Å². The van der Waals surface area contributed by atoms with E-state index in [9.17, 15) is 0 Å². The number of hydrogen-bond acceptors (Lipinski definition) is 1. The summed E-state index contributed by atoms with van der Waals surface area (Å²) in [6.45, 7) is 5.56. The molecule has 1 heterocycles. The van der Waals surface area contributed by atoms with Crippen molar-refractivity contribution in [1.29, 1.82) is 0 Å². The molecule has 1 nitrogen and oxygen atoms in total. The Morgan fingerprint density at radius 3 is 1.38 bits per heavy atom. The Kier molecular flexibility index (Phi) is 11.3. The number of rotatable bonds is 15. The monoisotopic (exact) mass is 296 g/mol. The highest BCUT2D eigenvalue weighted by Gasteiger charge is 2.31. The third-order valence-electron chi connectivity index (χ3n) is 5.14. The fourth-order valence-electron chi connectivity index (χ4n) is 3.34. The maximum absolute atomic E-state index is 5.63. The maximum Gasteiger partial charge on any atom is 0.0676 e. The predicted molar refractivity (Wildman–Crippen MR) is 93.9 cm³/mol. The van der Waals surface area contributed by atoms with Gasteiger partial charge in [-0.1, -0.05) is 96.8 Å². The first kappa shape index (κ1) is 19.0. The lowest BCUT2D eigenvalue weighted by atomic mass is 9.90. The van der Waals surface area contributed by atoms with Crippen LogP contribution in [0.3, 0.4) is 0 Å². The van der Waals surface area contributed by atoms with E-state index in [1.807, 2.05) is 0 Å². The first-order chi connectivity index (χ1) is 10.3. The second-order valence-corrected chi connectivity index (χ2v) is 7.39. The number of hydrogen-bond donors (Lipinski definition) is 0. The van der Waals surface area contributed by atoms with Gasteiger partial charge in [0.2, 0.25) is 0 Å². The summed E-state index contributed by atoms with van der Waals surface area (Å²) in [5.74, 6) is 0. The predicted octanol–water partition coefficient (Wildman–Crippen LogP) is 7.04. The largest absolute Gasteiger partial charge is 0.375 e. The number of unbranched alkanes of at least 4 members (excludes halogenated alkanes) is 13. The van der Waals surface area contributed by atoms with E-state index in [-0.39, 0.29) is 5.60 Å². The van der Waals surface area contributed by atoms with E-state index < -0.39 is 0 Å². The Balaban J connectivity index is 1.67. The molecule has 0 aromatic heterocycles. The van der Waals surface area contributed by atoms with Gasteiger partial charge in [-0.3, -0.25) is 0 Å². The molecule has 0 radical (unpaired) electrons. The molecule has 1 saturated heterocycles. The summed E-state index contributed by atoms with van der Waals surface area (Å²) in [7, 11) is 0. The fraction of sp³-hybridized carbons (Fsp3) is 1.00. The Bertz CT molecular complexity index is 220. The van der Waals surface area contributed by atoms with Crippen LogP contribution in [0.25, 0.3) is 0 Å². The first-order valence-corrected chi connectivity index (χ1v) is 9.91. The second kappa shape index (κ2) is 12.5. The van der Waals surface area contributed by atoms with E-state index in [2.05, 4.69) is 13.8 Å². The van der Waals surface area contributed by atoms with Gasteiger partial charge in [-0.25, -0.2) is 0 Å². The minimum atomic E-state index is 0.261. The fourth-order valence-corrected chi connectivity index (χ4v) is 3.34. The van der Waals surface area contributed by atoms with Crippen molar-refractivity contribution in [1.82, 2.24) is 0 Å². The standard InChI is InChI=1S/C20H40O/c1-3-4-5-6-7-8-9-10-11-12-13-14-15-16-17-20(2)18-19-21-20/h3-19H2,1-2H3/t20-/m1/s1. The van der Waals surface area contributed by atoms with Gasteiger partial charge < -0.3 is 4.74 Å². The van der Waals surface area contributed by atoms with E-state index in [0.717, 1.165) is 6.61 Å². The summed E-state index contributed by atoms with van der Waals surface area (Å²) in [5, 5.41) is 0. The highest BCUT2D eigenvalue weighted by atomic mass is 16.5. The van der Waals surface area contributed by atoms with Crippen molar-refractivity contribution in [2.24, 2.45) is 0 Å². The van der Waals surface area contributed by atoms with Crippen molar-refractivity contribution in [3.8, 4) is 0 Å². The molecule has 0 unspecified atom stereocenters. The summed E-state index contributed by atoms with van der Waals surface area (Å²) < 4.78 is 5.63. The molecule has 1 aliphatic heterocycles. The van der Waals surface area contributed by atoms with Crippen LogP contribution in [-0.4, -0.2) is 12.2 Å². The van der Waals surface area contributed by atoms with Crippen molar-refractivity contribution in [3.05, 3.63) is 0 Å². The van der Waals surface area contributed by atoms with Gasteiger partial charge in [0, 0.05) is 0 Å². The normalized spacial score (nSPS) is 21.4. The Hall–Kier alpha value is -0.0400. The molecule has 0 bridgehead atoms. The molecule has 0 spiro atoms. The summed E-state index contributed by atoms with van der Waals surface area (Å²) in [5.41, 5.74) is 0.261. The van der Waals surface area contributed by atoms with Crippen molar-refractivity contribution in [3.63, 3.8) is 0 Å². The summed E-state index contributed by atoms with van der Waals surface area (Å²) in [4.78, 5) is 0. The van der Waals surface area contributed by atoms with E-state index in [0.29, 0.717) is 0 Å². The third-order valence-corrected chi connectivity index (χ3v) is 5.14. The SMILES string of the molecule is CCCCCCCCCCCCCCCC[C@]1(C)CCO1.